The fourth-order valence-corrected chi connectivity index (χ4v) is 1.08. The van der Waals surface area contributed by atoms with Gasteiger partial charge >= 0.3 is 11.9 Å². The molecule has 0 aliphatic heterocycles. The van der Waals surface area contributed by atoms with E-state index in [4.69, 9.17) is 14.9 Å². The van der Waals surface area contributed by atoms with Crippen molar-refractivity contribution in [1.29, 1.82) is 0 Å². The molecule has 1 aromatic carbocycles. The van der Waals surface area contributed by atoms with Crippen LogP contribution in [-0.4, -0.2) is 28.8 Å². The maximum absolute atomic E-state index is 10.8. The number of hydrogen-bond donors (Lipinski definition) is 2. The van der Waals surface area contributed by atoms with Gasteiger partial charge in [-0.3, -0.25) is 0 Å². The van der Waals surface area contributed by atoms with Gasteiger partial charge in [-0.25, -0.2) is 9.59 Å². The average molecular weight is 210 g/mol. The smallest absolute Gasteiger partial charge is 0.341 e. The lowest BCUT2D eigenvalue weighted by atomic mass is 10.1. The van der Waals surface area contributed by atoms with Crippen molar-refractivity contribution >= 4 is 11.9 Å². The van der Waals surface area contributed by atoms with Crippen LogP contribution in [0.15, 0.2) is 18.2 Å². The highest BCUT2D eigenvalue weighted by molar-refractivity contribution is 5.91. The number of ether oxygens (including phenoxy) is 1. The zero-order chi connectivity index (χ0) is 11.4. The van der Waals surface area contributed by atoms with Gasteiger partial charge in [-0.2, -0.15) is 0 Å². The van der Waals surface area contributed by atoms with Crippen molar-refractivity contribution in [2.24, 2.45) is 0 Å². The van der Waals surface area contributed by atoms with Crippen LogP contribution in [0.2, 0.25) is 0 Å². The highest BCUT2D eigenvalue weighted by atomic mass is 16.5. The zero-order valence-corrected chi connectivity index (χ0v) is 8.06. The van der Waals surface area contributed by atoms with Gasteiger partial charge < -0.3 is 14.9 Å². The van der Waals surface area contributed by atoms with E-state index in [-0.39, 0.29) is 11.3 Å². The van der Waals surface area contributed by atoms with E-state index >= 15 is 0 Å². The van der Waals surface area contributed by atoms with E-state index in [0.29, 0.717) is 0 Å². The van der Waals surface area contributed by atoms with Crippen LogP contribution in [0, 0.1) is 6.92 Å². The van der Waals surface area contributed by atoms with Crippen molar-refractivity contribution in [3.63, 3.8) is 0 Å². The highest BCUT2D eigenvalue weighted by Crippen LogP contribution is 2.19. The molecular weight excluding hydrogens is 200 g/mol. The van der Waals surface area contributed by atoms with Gasteiger partial charge in [0.1, 0.15) is 11.3 Å². The Morgan fingerprint density at radius 2 is 2.00 bits per heavy atom. The van der Waals surface area contributed by atoms with Crippen LogP contribution in [0.25, 0.3) is 0 Å². The molecule has 5 heteroatoms. The average Bonchev–Trinajstić information content (AvgIpc) is 2.15. The summed E-state index contributed by atoms with van der Waals surface area (Å²) in [6.07, 6.45) is 0. The molecule has 15 heavy (non-hydrogen) atoms. The first-order chi connectivity index (χ1) is 7.00. The van der Waals surface area contributed by atoms with Crippen LogP contribution in [0.4, 0.5) is 0 Å². The van der Waals surface area contributed by atoms with Gasteiger partial charge in [0.05, 0.1) is 0 Å². The third-order valence-corrected chi connectivity index (χ3v) is 1.72. The Balaban J connectivity index is 2.95. The Kier molecular flexibility index (Phi) is 3.28. The lowest BCUT2D eigenvalue weighted by molar-refractivity contribution is -0.139. The van der Waals surface area contributed by atoms with Crippen LogP contribution < -0.4 is 4.74 Å². The molecular formula is C10H10O5. The molecule has 0 fully saturated rings. The molecule has 80 valence electrons. The highest BCUT2D eigenvalue weighted by Gasteiger charge is 2.12. The van der Waals surface area contributed by atoms with Crippen molar-refractivity contribution in [3.8, 4) is 5.75 Å². The number of hydrogen-bond acceptors (Lipinski definition) is 3. The molecule has 1 aromatic rings. The molecule has 0 aliphatic carbocycles. The SMILES string of the molecule is Cc1ccc(OCC(=O)O)c(C(=O)O)c1. The zero-order valence-electron chi connectivity index (χ0n) is 8.06. The van der Waals surface area contributed by atoms with E-state index in [0.717, 1.165) is 5.56 Å². The van der Waals surface area contributed by atoms with Gasteiger partial charge in [0.25, 0.3) is 0 Å². The number of aryl methyl sites for hydroxylation is 1. The Bertz CT molecular complexity index is 397. The Labute approximate surface area is 85.9 Å². The Morgan fingerprint density at radius 1 is 1.33 bits per heavy atom. The van der Waals surface area contributed by atoms with E-state index in [1.165, 1.54) is 12.1 Å². The number of benzene rings is 1. The molecule has 1 rings (SSSR count). The lowest BCUT2D eigenvalue weighted by Gasteiger charge is -2.07. The molecule has 0 unspecified atom stereocenters. The number of aliphatic carboxylic acids is 1. The van der Waals surface area contributed by atoms with Crippen molar-refractivity contribution in [1.82, 2.24) is 0 Å². The molecule has 0 saturated carbocycles. The van der Waals surface area contributed by atoms with Crippen LogP contribution in [0.3, 0.4) is 0 Å². The topological polar surface area (TPSA) is 83.8 Å². The minimum absolute atomic E-state index is 0.0312. The molecule has 0 saturated heterocycles. The summed E-state index contributed by atoms with van der Waals surface area (Å²) >= 11 is 0. The summed E-state index contributed by atoms with van der Waals surface area (Å²) in [5.41, 5.74) is 0.742. The largest absolute Gasteiger partial charge is 0.481 e. The Morgan fingerprint density at radius 3 is 2.53 bits per heavy atom. The first-order valence-electron chi connectivity index (χ1n) is 4.19. The number of rotatable bonds is 4. The fraction of sp³-hybridized carbons (Fsp3) is 0.200. The molecule has 0 radical (unpaired) electrons. The number of aromatic carboxylic acids is 1. The van der Waals surface area contributed by atoms with E-state index in [1.807, 2.05) is 0 Å². The number of carboxylic acids is 2. The summed E-state index contributed by atoms with van der Waals surface area (Å²) < 4.78 is 4.83. The summed E-state index contributed by atoms with van der Waals surface area (Å²) in [4.78, 5) is 21.0. The molecule has 0 heterocycles. The third-order valence-electron chi connectivity index (χ3n) is 1.72. The molecule has 0 aromatic heterocycles. The summed E-state index contributed by atoms with van der Waals surface area (Å²) in [6.45, 7) is 1.19. The van der Waals surface area contributed by atoms with E-state index in [2.05, 4.69) is 0 Å². The van der Waals surface area contributed by atoms with Gasteiger partial charge in [-0.05, 0) is 19.1 Å². The monoisotopic (exact) mass is 210 g/mol. The molecule has 0 bridgehead atoms. The van der Waals surface area contributed by atoms with Gasteiger partial charge in [0.2, 0.25) is 0 Å². The van der Waals surface area contributed by atoms with Crippen molar-refractivity contribution < 1.29 is 24.5 Å². The van der Waals surface area contributed by atoms with E-state index in [9.17, 15) is 9.59 Å². The maximum Gasteiger partial charge on any atom is 0.341 e. The van der Waals surface area contributed by atoms with Gasteiger partial charge in [-0.1, -0.05) is 11.6 Å². The predicted molar refractivity (Wildman–Crippen MR) is 51.3 cm³/mol. The van der Waals surface area contributed by atoms with Crippen molar-refractivity contribution in [2.75, 3.05) is 6.61 Å². The standard InChI is InChI=1S/C10H10O5/c1-6-2-3-8(15-5-9(11)12)7(4-6)10(13)14/h2-4H,5H2,1H3,(H,11,12)(H,13,14). The van der Waals surface area contributed by atoms with E-state index < -0.39 is 18.5 Å². The summed E-state index contributed by atoms with van der Waals surface area (Å²) in [7, 11) is 0. The minimum Gasteiger partial charge on any atom is -0.481 e. The summed E-state index contributed by atoms with van der Waals surface area (Å²) in [5, 5.41) is 17.2. The van der Waals surface area contributed by atoms with Gasteiger partial charge in [0.15, 0.2) is 6.61 Å². The molecule has 0 spiro atoms. The van der Waals surface area contributed by atoms with Crippen LogP contribution in [-0.2, 0) is 4.79 Å². The number of carboxylic acid groups (broad SMARTS) is 2. The maximum atomic E-state index is 10.8. The summed E-state index contributed by atoms with van der Waals surface area (Å²) in [6, 6.07) is 4.53. The molecule has 2 N–H and O–H groups in total. The minimum atomic E-state index is -1.15. The van der Waals surface area contributed by atoms with Crippen LogP contribution >= 0.6 is 0 Å². The number of carbonyl (C=O) groups is 2. The van der Waals surface area contributed by atoms with Crippen LogP contribution in [0.5, 0.6) is 5.75 Å². The molecule has 5 nitrogen and oxygen atoms in total. The van der Waals surface area contributed by atoms with Gasteiger partial charge in [0, 0.05) is 0 Å². The second-order valence-electron chi connectivity index (χ2n) is 2.99. The lowest BCUT2D eigenvalue weighted by Crippen LogP contribution is -2.12. The van der Waals surface area contributed by atoms with Crippen molar-refractivity contribution in [2.45, 2.75) is 6.92 Å². The van der Waals surface area contributed by atoms with Crippen molar-refractivity contribution in [3.05, 3.63) is 29.3 Å². The normalized spacial score (nSPS) is 9.67. The summed E-state index contributed by atoms with van der Waals surface area (Å²) in [5.74, 6) is -2.22. The second-order valence-corrected chi connectivity index (χ2v) is 2.99. The quantitative estimate of drug-likeness (QED) is 0.778. The molecule has 0 atom stereocenters. The molecule has 0 amide bonds. The fourth-order valence-electron chi connectivity index (χ4n) is 1.08. The first-order valence-corrected chi connectivity index (χ1v) is 4.19. The first kappa shape index (κ1) is 11.0. The molecule has 0 aliphatic rings. The van der Waals surface area contributed by atoms with Gasteiger partial charge in [-0.15, -0.1) is 0 Å². The predicted octanol–water partition coefficient (Wildman–Crippen LogP) is 1.16. The third kappa shape index (κ3) is 2.98. The van der Waals surface area contributed by atoms with E-state index in [1.54, 1.807) is 13.0 Å². The Hall–Kier alpha value is -2.04. The van der Waals surface area contributed by atoms with Crippen LogP contribution in [0.1, 0.15) is 15.9 Å². The second kappa shape index (κ2) is 4.45.